The van der Waals surface area contributed by atoms with Crippen LogP contribution in [0.25, 0.3) is 0 Å². The Kier molecular flexibility index (Phi) is 8.05. The number of hydrogen-bond acceptors (Lipinski definition) is 4. The molecule has 1 amide bonds. The lowest BCUT2D eigenvalue weighted by Crippen LogP contribution is -2.22. The van der Waals surface area contributed by atoms with Crippen molar-refractivity contribution in [1.82, 2.24) is 5.32 Å². The minimum atomic E-state index is -0.119. The maximum absolute atomic E-state index is 12.7. The van der Waals surface area contributed by atoms with Crippen molar-refractivity contribution in [1.29, 1.82) is 0 Å². The highest BCUT2D eigenvalue weighted by atomic mass is 35.5. The van der Waals surface area contributed by atoms with Gasteiger partial charge in [-0.2, -0.15) is 0 Å². The van der Waals surface area contributed by atoms with Gasteiger partial charge < -0.3 is 14.8 Å². The largest absolute Gasteiger partial charge is 0.497 e. The van der Waals surface area contributed by atoms with E-state index < -0.39 is 0 Å². The van der Waals surface area contributed by atoms with Crippen LogP contribution in [-0.2, 0) is 12.3 Å². The summed E-state index contributed by atoms with van der Waals surface area (Å²) in [5.74, 6) is 2.16. The first-order chi connectivity index (χ1) is 14.6. The molecule has 0 radical (unpaired) electrons. The molecule has 30 heavy (non-hydrogen) atoms. The Labute approximate surface area is 186 Å². The molecule has 156 valence electrons. The number of hydrogen-bond donors (Lipinski definition) is 1. The van der Waals surface area contributed by atoms with E-state index in [4.69, 9.17) is 21.1 Å². The maximum atomic E-state index is 12.7. The summed E-state index contributed by atoms with van der Waals surface area (Å²) in [6, 6.07) is 20.9. The second-order valence-electron chi connectivity index (χ2n) is 6.53. The Morgan fingerprint density at radius 3 is 2.43 bits per heavy atom. The molecule has 0 spiro atoms. The molecule has 6 heteroatoms. The third-order valence-corrected chi connectivity index (χ3v) is 5.76. The zero-order chi connectivity index (χ0) is 21.3. The van der Waals surface area contributed by atoms with Crippen LogP contribution in [0.2, 0.25) is 5.02 Å². The van der Waals surface area contributed by atoms with Crippen LogP contribution in [0.1, 0.15) is 28.4 Å². The number of thioether (sulfide) groups is 1. The molecular weight excluding hydrogens is 418 g/mol. The highest BCUT2D eigenvalue weighted by Gasteiger charge is 2.11. The molecule has 0 bridgehead atoms. The van der Waals surface area contributed by atoms with E-state index in [9.17, 15) is 4.79 Å². The predicted molar refractivity (Wildman–Crippen MR) is 123 cm³/mol. The molecule has 1 N–H and O–H groups in total. The van der Waals surface area contributed by atoms with Crippen LogP contribution in [0.5, 0.6) is 11.5 Å². The van der Waals surface area contributed by atoms with E-state index in [0.717, 1.165) is 27.5 Å². The van der Waals surface area contributed by atoms with Gasteiger partial charge in [0.1, 0.15) is 11.5 Å². The summed E-state index contributed by atoms with van der Waals surface area (Å²) in [4.78, 5) is 13.8. The van der Waals surface area contributed by atoms with Gasteiger partial charge in [0.2, 0.25) is 0 Å². The lowest BCUT2D eigenvalue weighted by molar-refractivity contribution is 0.0951. The number of benzene rings is 3. The number of carbonyl (C=O) groups excluding carboxylic acids is 1. The number of carbonyl (C=O) groups is 1. The van der Waals surface area contributed by atoms with Crippen LogP contribution < -0.4 is 14.8 Å². The average Bonchev–Trinajstić information content (AvgIpc) is 2.78. The Morgan fingerprint density at radius 2 is 1.77 bits per heavy atom. The molecule has 0 heterocycles. The fourth-order valence-electron chi connectivity index (χ4n) is 2.85. The molecule has 3 aromatic carbocycles. The summed E-state index contributed by atoms with van der Waals surface area (Å²) in [6.07, 6.45) is 0. The van der Waals surface area contributed by atoms with Crippen LogP contribution in [-0.4, -0.2) is 19.6 Å². The van der Waals surface area contributed by atoms with E-state index in [1.54, 1.807) is 24.9 Å². The normalized spacial score (nSPS) is 10.5. The Morgan fingerprint density at radius 1 is 1.03 bits per heavy atom. The summed E-state index contributed by atoms with van der Waals surface area (Å²) in [5, 5.41) is 3.68. The van der Waals surface area contributed by atoms with Crippen molar-refractivity contribution >= 4 is 29.3 Å². The number of ether oxygens (including phenoxy) is 2. The molecule has 0 aromatic heterocycles. The summed E-state index contributed by atoms with van der Waals surface area (Å²) in [5.41, 5.74) is 2.60. The van der Waals surface area contributed by atoms with Crippen LogP contribution in [0.3, 0.4) is 0 Å². The van der Waals surface area contributed by atoms with Crippen LogP contribution >= 0.6 is 23.4 Å². The molecular formula is C24H24ClNO3S. The zero-order valence-electron chi connectivity index (χ0n) is 17.0. The van der Waals surface area contributed by atoms with Gasteiger partial charge in [-0.15, -0.1) is 11.8 Å². The molecule has 0 aliphatic carbocycles. The number of nitrogens with one attached hydrogen (secondary N) is 1. The van der Waals surface area contributed by atoms with Gasteiger partial charge in [0.05, 0.1) is 13.7 Å². The van der Waals surface area contributed by atoms with E-state index in [1.807, 2.05) is 67.6 Å². The number of amides is 1. The molecule has 3 rings (SSSR count). The molecule has 0 saturated heterocycles. The summed E-state index contributed by atoms with van der Waals surface area (Å²) >= 11 is 7.63. The number of methoxy groups -OCH3 is 1. The second-order valence-corrected chi connectivity index (χ2v) is 8.01. The number of rotatable bonds is 9. The van der Waals surface area contributed by atoms with Crippen molar-refractivity contribution in [2.75, 3.05) is 13.7 Å². The van der Waals surface area contributed by atoms with Gasteiger partial charge in [-0.25, -0.2) is 0 Å². The van der Waals surface area contributed by atoms with E-state index in [-0.39, 0.29) is 5.91 Å². The molecule has 0 aliphatic heterocycles. The van der Waals surface area contributed by atoms with Crippen molar-refractivity contribution < 1.29 is 14.3 Å². The van der Waals surface area contributed by atoms with Gasteiger partial charge in [0.15, 0.2) is 0 Å². The number of halogens is 1. The Hall–Kier alpha value is -2.63. The Balaban J connectivity index is 1.68. The zero-order valence-corrected chi connectivity index (χ0v) is 18.6. The molecule has 0 unspecified atom stereocenters. The van der Waals surface area contributed by atoms with Crippen LogP contribution in [0.15, 0.2) is 71.6 Å². The van der Waals surface area contributed by atoms with Crippen molar-refractivity contribution in [3.8, 4) is 11.5 Å². The molecule has 0 aliphatic rings. The third kappa shape index (κ3) is 6.18. The minimum Gasteiger partial charge on any atom is -0.497 e. The average molecular weight is 442 g/mol. The molecule has 0 saturated carbocycles. The van der Waals surface area contributed by atoms with Crippen LogP contribution in [0.4, 0.5) is 0 Å². The van der Waals surface area contributed by atoms with E-state index in [0.29, 0.717) is 29.5 Å². The molecule has 4 nitrogen and oxygen atoms in total. The Bertz CT molecular complexity index is 975. The second kappa shape index (κ2) is 11.0. The van der Waals surface area contributed by atoms with Crippen molar-refractivity contribution in [2.45, 2.75) is 24.1 Å². The molecule has 0 atom stereocenters. The van der Waals surface area contributed by atoms with Gasteiger partial charge in [-0.3, -0.25) is 4.79 Å². The maximum Gasteiger partial charge on any atom is 0.251 e. The monoisotopic (exact) mass is 441 g/mol. The first kappa shape index (κ1) is 22.1. The summed E-state index contributed by atoms with van der Waals surface area (Å²) in [7, 11) is 1.63. The quantitative estimate of drug-likeness (QED) is 0.415. The van der Waals surface area contributed by atoms with Crippen molar-refractivity contribution in [3.05, 3.63) is 88.4 Å². The first-order valence-electron chi connectivity index (χ1n) is 9.64. The summed E-state index contributed by atoms with van der Waals surface area (Å²) in [6.45, 7) is 2.97. The predicted octanol–water partition coefficient (Wildman–Crippen LogP) is 5.97. The fourth-order valence-corrected chi connectivity index (χ4v) is 3.85. The van der Waals surface area contributed by atoms with Gasteiger partial charge >= 0.3 is 0 Å². The lowest BCUT2D eigenvalue weighted by atomic mass is 10.1. The highest BCUT2D eigenvalue weighted by molar-refractivity contribution is 7.98. The SMILES string of the molecule is CCOc1ccc(C(=O)NCc2ccc(OC)cc2)cc1CSc1ccc(Cl)cc1. The topological polar surface area (TPSA) is 47.6 Å². The fraction of sp³-hybridized carbons (Fsp3) is 0.208. The minimum absolute atomic E-state index is 0.119. The third-order valence-electron chi connectivity index (χ3n) is 4.44. The first-order valence-corrected chi connectivity index (χ1v) is 11.0. The molecule has 0 fully saturated rings. The standard InChI is InChI=1S/C24H24ClNO3S/c1-3-29-23-13-6-18(14-19(23)16-30-22-11-7-20(25)8-12-22)24(27)26-15-17-4-9-21(28-2)10-5-17/h4-14H,3,15-16H2,1-2H3,(H,26,27). The van der Waals surface area contributed by atoms with Crippen LogP contribution in [0, 0.1) is 0 Å². The van der Waals surface area contributed by atoms with E-state index in [1.165, 1.54) is 0 Å². The lowest BCUT2D eigenvalue weighted by Gasteiger charge is -2.13. The smallest absolute Gasteiger partial charge is 0.251 e. The highest BCUT2D eigenvalue weighted by Crippen LogP contribution is 2.30. The summed E-state index contributed by atoms with van der Waals surface area (Å²) < 4.78 is 10.9. The van der Waals surface area contributed by atoms with Gasteiger partial charge in [-0.1, -0.05) is 23.7 Å². The van der Waals surface area contributed by atoms with Gasteiger partial charge in [0, 0.05) is 33.3 Å². The van der Waals surface area contributed by atoms with Gasteiger partial charge in [0.25, 0.3) is 5.91 Å². The van der Waals surface area contributed by atoms with Crippen molar-refractivity contribution in [2.24, 2.45) is 0 Å². The van der Waals surface area contributed by atoms with Gasteiger partial charge in [-0.05, 0) is 67.1 Å². The van der Waals surface area contributed by atoms with E-state index >= 15 is 0 Å². The molecule has 3 aromatic rings. The van der Waals surface area contributed by atoms with E-state index in [2.05, 4.69) is 5.32 Å². The van der Waals surface area contributed by atoms with Crippen molar-refractivity contribution in [3.63, 3.8) is 0 Å².